The number of amides is 1. The molecule has 2 N–H and O–H groups in total. The van der Waals surface area contributed by atoms with Gasteiger partial charge in [-0.15, -0.1) is 0 Å². The molecule has 1 aromatic carbocycles. The molecule has 1 amide bonds. The van der Waals surface area contributed by atoms with Crippen LogP contribution in [0, 0.1) is 20.8 Å². The summed E-state index contributed by atoms with van der Waals surface area (Å²) in [5.41, 5.74) is 3.30. The van der Waals surface area contributed by atoms with Gasteiger partial charge >= 0.3 is 0 Å². The topological polar surface area (TPSA) is 67.2 Å². The number of aryl methyl sites for hydroxylation is 2. The second kappa shape index (κ2) is 5.56. The zero-order chi connectivity index (χ0) is 13.8. The van der Waals surface area contributed by atoms with Crippen molar-refractivity contribution in [3.63, 3.8) is 0 Å². The summed E-state index contributed by atoms with van der Waals surface area (Å²) in [4.78, 5) is 11.7. The maximum absolute atomic E-state index is 11.7. The summed E-state index contributed by atoms with van der Waals surface area (Å²) in [7, 11) is 0. The van der Waals surface area contributed by atoms with Crippen LogP contribution in [-0.4, -0.2) is 17.6 Å². The van der Waals surface area contributed by atoms with Crippen LogP contribution in [0.25, 0.3) is 0 Å². The van der Waals surface area contributed by atoms with E-state index in [0.717, 1.165) is 11.3 Å². The molecule has 0 radical (unpaired) electrons. The van der Waals surface area contributed by atoms with Crippen LogP contribution in [0.3, 0.4) is 0 Å². The molecule has 0 aliphatic heterocycles. The maximum Gasteiger partial charge on any atom is 0.244 e. The third kappa shape index (κ3) is 3.34. The Morgan fingerprint density at radius 1 is 1.32 bits per heavy atom. The number of nitrogens with one attached hydrogen (secondary N) is 2. The van der Waals surface area contributed by atoms with E-state index in [1.807, 2.05) is 32.0 Å². The Morgan fingerprint density at radius 2 is 2.11 bits per heavy atom. The molecule has 100 valence electrons. The van der Waals surface area contributed by atoms with Crippen LogP contribution >= 0.6 is 0 Å². The van der Waals surface area contributed by atoms with Gasteiger partial charge in [0, 0.05) is 11.8 Å². The molecular weight excluding hydrogens is 242 g/mol. The second-order valence-corrected chi connectivity index (χ2v) is 4.47. The minimum Gasteiger partial charge on any atom is -0.376 e. The Morgan fingerprint density at radius 3 is 2.79 bits per heavy atom. The van der Waals surface area contributed by atoms with Gasteiger partial charge in [-0.05, 0) is 38.0 Å². The highest BCUT2D eigenvalue weighted by Crippen LogP contribution is 2.17. The number of hydrogen-bond acceptors (Lipinski definition) is 4. The molecule has 0 spiro atoms. The van der Waals surface area contributed by atoms with Gasteiger partial charge in [0.1, 0.15) is 5.76 Å². The maximum atomic E-state index is 11.7. The van der Waals surface area contributed by atoms with Gasteiger partial charge in [-0.25, -0.2) is 0 Å². The summed E-state index contributed by atoms with van der Waals surface area (Å²) in [6.45, 7) is 6.03. The molecule has 0 unspecified atom stereocenters. The lowest BCUT2D eigenvalue weighted by Gasteiger charge is -2.10. The Balaban J connectivity index is 1.91. The second-order valence-electron chi connectivity index (χ2n) is 4.47. The first-order chi connectivity index (χ1) is 9.06. The van der Waals surface area contributed by atoms with E-state index in [0.29, 0.717) is 11.6 Å². The molecule has 5 nitrogen and oxygen atoms in total. The minimum atomic E-state index is -0.158. The first kappa shape index (κ1) is 13.1. The number of hydrogen-bond donors (Lipinski definition) is 2. The lowest BCUT2D eigenvalue weighted by atomic mass is 10.1. The largest absolute Gasteiger partial charge is 0.376 e. The molecule has 0 aliphatic carbocycles. The average Bonchev–Trinajstić information content (AvgIpc) is 2.76. The third-order valence-corrected chi connectivity index (χ3v) is 2.94. The van der Waals surface area contributed by atoms with E-state index in [9.17, 15) is 4.79 Å². The zero-order valence-corrected chi connectivity index (χ0v) is 11.3. The average molecular weight is 259 g/mol. The van der Waals surface area contributed by atoms with Gasteiger partial charge in [-0.2, -0.15) is 0 Å². The van der Waals surface area contributed by atoms with E-state index in [-0.39, 0.29) is 12.5 Å². The van der Waals surface area contributed by atoms with E-state index in [1.54, 1.807) is 13.0 Å². The predicted octanol–water partition coefficient (Wildman–Crippen LogP) is 2.65. The monoisotopic (exact) mass is 259 g/mol. The highest BCUT2D eigenvalue weighted by atomic mass is 16.5. The fourth-order valence-corrected chi connectivity index (χ4v) is 1.73. The predicted molar refractivity (Wildman–Crippen MR) is 74.3 cm³/mol. The third-order valence-electron chi connectivity index (χ3n) is 2.94. The number of carbonyl (C=O) groups excluding carboxylic acids is 1. The summed E-state index contributed by atoms with van der Waals surface area (Å²) >= 11 is 0. The standard InChI is InChI=1S/C14H17N3O2/c1-9-5-4-6-12(11(9)3)15-8-14(18)16-13-7-10(2)19-17-13/h4-7,15H,8H2,1-3H3,(H,16,17,18). The SMILES string of the molecule is Cc1cc(NC(=O)CNc2cccc(C)c2C)no1. The van der Waals surface area contributed by atoms with E-state index in [4.69, 9.17) is 4.52 Å². The summed E-state index contributed by atoms with van der Waals surface area (Å²) in [6, 6.07) is 7.63. The van der Waals surface area contributed by atoms with Crippen molar-refractivity contribution in [2.45, 2.75) is 20.8 Å². The lowest BCUT2D eigenvalue weighted by Crippen LogP contribution is -2.22. The van der Waals surface area contributed by atoms with Crippen LogP contribution in [0.5, 0.6) is 0 Å². The molecule has 19 heavy (non-hydrogen) atoms. The van der Waals surface area contributed by atoms with Gasteiger partial charge in [0.25, 0.3) is 0 Å². The van der Waals surface area contributed by atoms with Crippen LogP contribution in [-0.2, 0) is 4.79 Å². The number of benzene rings is 1. The molecule has 0 saturated heterocycles. The van der Waals surface area contributed by atoms with E-state index in [2.05, 4.69) is 15.8 Å². The molecule has 0 fully saturated rings. The number of carbonyl (C=O) groups is 1. The minimum absolute atomic E-state index is 0.158. The number of aromatic nitrogens is 1. The van der Waals surface area contributed by atoms with Gasteiger partial charge in [-0.1, -0.05) is 17.3 Å². The van der Waals surface area contributed by atoms with Crippen molar-refractivity contribution in [2.75, 3.05) is 17.2 Å². The molecule has 1 aromatic heterocycles. The smallest absolute Gasteiger partial charge is 0.244 e. The lowest BCUT2D eigenvalue weighted by molar-refractivity contribution is -0.114. The van der Waals surface area contributed by atoms with Gasteiger partial charge in [0.2, 0.25) is 5.91 Å². The highest BCUT2D eigenvalue weighted by molar-refractivity contribution is 5.93. The van der Waals surface area contributed by atoms with Crippen LogP contribution < -0.4 is 10.6 Å². The fraction of sp³-hybridized carbons (Fsp3) is 0.286. The summed E-state index contributed by atoms with van der Waals surface area (Å²) < 4.78 is 4.88. The van der Waals surface area contributed by atoms with Crippen molar-refractivity contribution in [3.8, 4) is 0 Å². The van der Waals surface area contributed by atoms with Crippen LogP contribution in [0.15, 0.2) is 28.8 Å². The molecule has 0 bridgehead atoms. The van der Waals surface area contributed by atoms with E-state index in [1.165, 1.54) is 5.56 Å². The van der Waals surface area contributed by atoms with Crippen molar-refractivity contribution in [2.24, 2.45) is 0 Å². The first-order valence-corrected chi connectivity index (χ1v) is 6.09. The molecule has 0 saturated carbocycles. The molecule has 5 heteroatoms. The zero-order valence-electron chi connectivity index (χ0n) is 11.3. The summed E-state index contributed by atoms with van der Waals surface area (Å²) in [5.74, 6) is 0.942. The summed E-state index contributed by atoms with van der Waals surface area (Å²) in [5, 5.41) is 9.48. The van der Waals surface area contributed by atoms with Gasteiger partial charge in [0.05, 0.1) is 6.54 Å². The molecule has 2 aromatic rings. The van der Waals surface area contributed by atoms with Gasteiger partial charge < -0.3 is 15.2 Å². The first-order valence-electron chi connectivity index (χ1n) is 6.09. The Bertz CT molecular complexity index is 590. The van der Waals surface area contributed by atoms with Crippen LogP contribution in [0.1, 0.15) is 16.9 Å². The Labute approximate surface area is 112 Å². The Hall–Kier alpha value is -2.30. The normalized spacial score (nSPS) is 10.3. The van der Waals surface area contributed by atoms with Crippen LogP contribution in [0.2, 0.25) is 0 Å². The number of nitrogens with zero attached hydrogens (tertiary/aromatic N) is 1. The Kier molecular flexibility index (Phi) is 3.85. The molecule has 0 aliphatic rings. The number of rotatable bonds is 4. The molecular formula is C14H17N3O2. The van der Waals surface area contributed by atoms with Crippen molar-refractivity contribution >= 4 is 17.4 Å². The van der Waals surface area contributed by atoms with Gasteiger partial charge in [0.15, 0.2) is 5.82 Å². The summed E-state index contributed by atoms with van der Waals surface area (Å²) in [6.07, 6.45) is 0. The molecule has 2 rings (SSSR count). The van der Waals surface area contributed by atoms with Crippen molar-refractivity contribution in [1.29, 1.82) is 0 Å². The molecule has 1 heterocycles. The van der Waals surface area contributed by atoms with Crippen molar-refractivity contribution in [1.82, 2.24) is 5.16 Å². The van der Waals surface area contributed by atoms with Gasteiger partial charge in [-0.3, -0.25) is 4.79 Å². The van der Waals surface area contributed by atoms with Crippen molar-refractivity contribution < 1.29 is 9.32 Å². The van der Waals surface area contributed by atoms with E-state index >= 15 is 0 Å². The van der Waals surface area contributed by atoms with Crippen molar-refractivity contribution in [3.05, 3.63) is 41.2 Å². The van der Waals surface area contributed by atoms with E-state index < -0.39 is 0 Å². The quantitative estimate of drug-likeness (QED) is 0.885. The number of anilines is 2. The fourth-order valence-electron chi connectivity index (χ4n) is 1.73. The highest BCUT2D eigenvalue weighted by Gasteiger charge is 2.07. The van der Waals surface area contributed by atoms with Crippen LogP contribution in [0.4, 0.5) is 11.5 Å². The molecule has 0 atom stereocenters.